The predicted molar refractivity (Wildman–Crippen MR) is 108 cm³/mol. The van der Waals surface area contributed by atoms with Gasteiger partial charge in [0.2, 0.25) is 11.7 Å². The Balaban J connectivity index is 1.33. The van der Waals surface area contributed by atoms with Gasteiger partial charge < -0.3 is 13.9 Å². The van der Waals surface area contributed by atoms with Crippen LogP contribution in [0.5, 0.6) is 0 Å². The predicted octanol–water partition coefficient (Wildman–Crippen LogP) is 3.99. The molecule has 5 rings (SSSR count). The summed E-state index contributed by atoms with van der Waals surface area (Å²) in [5.41, 5.74) is 2.17. The van der Waals surface area contributed by atoms with E-state index >= 15 is 0 Å². The van der Waals surface area contributed by atoms with Crippen LogP contribution in [0.1, 0.15) is 27.9 Å². The van der Waals surface area contributed by atoms with Gasteiger partial charge in [0.1, 0.15) is 22.7 Å². The number of likely N-dealkylation sites (tertiary alicyclic amines) is 1. The molecular weight excluding hydrogens is 406 g/mol. The zero-order valence-corrected chi connectivity index (χ0v) is 16.7. The Morgan fingerprint density at radius 3 is 2.67 bits per heavy atom. The number of halogens is 1. The second-order valence-corrected chi connectivity index (χ2v) is 7.43. The third kappa shape index (κ3) is 3.15. The van der Waals surface area contributed by atoms with Crippen molar-refractivity contribution in [2.75, 3.05) is 13.1 Å². The Morgan fingerprint density at radius 2 is 1.90 bits per heavy atom. The average molecular weight is 422 g/mol. The number of hydrogen-bond acceptors (Lipinski definition) is 7. The molecule has 1 aromatic carbocycles. The summed E-state index contributed by atoms with van der Waals surface area (Å²) in [4.78, 5) is 23.5. The monoisotopic (exact) mass is 421 g/mol. The van der Waals surface area contributed by atoms with Crippen molar-refractivity contribution in [2.45, 2.75) is 12.8 Å². The minimum Gasteiger partial charge on any atom is -0.360 e. The minimum atomic E-state index is -0.163. The molecule has 0 unspecified atom stereocenters. The van der Waals surface area contributed by atoms with E-state index < -0.39 is 0 Å². The molecule has 4 heterocycles. The molecule has 1 aliphatic rings. The maximum absolute atomic E-state index is 13.1. The molecule has 1 fully saturated rings. The number of carbonyl (C=O) groups excluding carboxylic acids is 1. The molecule has 1 aliphatic heterocycles. The Labute approximate surface area is 176 Å². The molecule has 150 valence electrons. The topological polar surface area (TPSA) is 98.2 Å². The van der Waals surface area contributed by atoms with Crippen LogP contribution in [0.3, 0.4) is 0 Å². The van der Waals surface area contributed by atoms with Crippen LogP contribution in [0, 0.1) is 6.92 Å². The molecule has 0 aliphatic carbocycles. The normalized spacial score (nSPS) is 14.0. The second kappa shape index (κ2) is 7.38. The molecule has 1 saturated heterocycles. The van der Waals surface area contributed by atoms with Gasteiger partial charge in [0.15, 0.2) is 0 Å². The van der Waals surface area contributed by atoms with Crippen molar-refractivity contribution in [1.82, 2.24) is 25.2 Å². The lowest BCUT2D eigenvalue weighted by molar-refractivity contribution is 0.0568. The van der Waals surface area contributed by atoms with E-state index in [0.717, 1.165) is 0 Å². The van der Waals surface area contributed by atoms with Gasteiger partial charge in [0.05, 0.1) is 10.9 Å². The fourth-order valence-electron chi connectivity index (χ4n) is 3.42. The standard InChI is InChI=1S/C21H16ClN5O3/c1-12-17(18(25-29-12)14-6-2-3-7-15(14)22)21(28)27-10-13(11-27)20-24-19(26-30-20)16-8-4-5-9-23-16/h2-9,13H,10-11H2,1H3. The van der Waals surface area contributed by atoms with Crippen LogP contribution in [-0.2, 0) is 0 Å². The van der Waals surface area contributed by atoms with Crippen LogP contribution in [0.25, 0.3) is 22.8 Å². The summed E-state index contributed by atoms with van der Waals surface area (Å²) < 4.78 is 10.7. The molecule has 0 atom stereocenters. The van der Waals surface area contributed by atoms with E-state index in [0.29, 0.717) is 58.1 Å². The van der Waals surface area contributed by atoms with Crippen LogP contribution in [0.2, 0.25) is 5.02 Å². The Kier molecular flexibility index (Phi) is 4.55. The fourth-order valence-corrected chi connectivity index (χ4v) is 3.65. The zero-order chi connectivity index (χ0) is 20.7. The number of benzene rings is 1. The van der Waals surface area contributed by atoms with Gasteiger partial charge in [-0.05, 0) is 25.1 Å². The molecule has 0 bridgehead atoms. The zero-order valence-electron chi connectivity index (χ0n) is 15.9. The minimum absolute atomic E-state index is 0.0251. The van der Waals surface area contributed by atoms with E-state index in [1.165, 1.54) is 0 Å². The lowest BCUT2D eigenvalue weighted by Gasteiger charge is -2.37. The van der Waals surface area contributed by atoms with Crippen molar-refractivity contribution in [1.29, 1.82) is 0 Å². The van der Waals surface area contributed by atoms with Gasteiger partial charge in [-0.1, -0.05) is 46.2 Å². The first-order chi connectivity index (χ1) is 14.6. The van der Waals surface area contributed by atoms with Crippen molar-refractivity contribution in [2.24, 2.45) is 0 Å². The van der Waals surface area contributed by atoms with E-state index in [1.54, 1.807) is 24.1 Å². The van der Waals surface area contributed by atoms with Crippen LogP contribution in [0.4, 0.5) is 0 Å². The quantitative estimate of drug-likeness (QED) is 0.491. The third-order valence-electron chi connectivity index (χ3n) is 5.06. The maximum atomic E-state index is 13.1. The van der Waals surface area contributed by atoms with Crippen molar-refractivity contribution in [3.63, 3.8) is 0 Å². The van der Waals surface area contributed by atoms with Crippen molar-refractivity contribution >= 4 is 17.5 Å². The lowest BCUT2D eigenvalue weighted by Crippen LogP contribution is -2.48. The molecule has 0 radical (unpaired) electrons. The highest BCUT2D eigenvalue weighted by molar-refractivity contribution is 6.33. The van der Waals surface area contributed by atoms with Gasteiger partial charge in [0, 0.05) is 24.8 Å². The summed E-state index contributed by atoms with van der Waals surface area (Å²) in [5, 5.41) is 8.57. The fraction of sp³-hybridized carbons (Fsp3) is 0.190. The number of pyridine rings is 1. The summed E-state index contributed by atoms with van der Waals surface area (Å²) in [6.07, 6.45) is 1.67. The Hall–Kier alpha value is -3.52. The molecule has 9 heteroatoms. The third-order valence-corrected chi connectivity index (χ3v) is 5.39. The number of aryl methyl sites for hydroxylation is 1. The molecule has 0 saturated carbocycles. The highest BCUT2D eigenvalue weighted by Gasteiger charge is 2.38. The first kappa shape index (κ1) is 18.5. The molecule has 30 heavy (non-hydrogen) atoms. The lowest BCUT2D eigenvalue weighted by atomic mass is 9.97. The smallest absolute Gasteiger partial charge is 0.259 e. The van der Waals surface area contributed by atoms with Gasteiger partial charge in [0.25, 0.3) is 5.91 Å². The molecule has 8 nitrogen and oxygen atoms in total. The molecule has 0 N–H and O–H groups in total. The van der Waals surface area contributed by atoms with E-state index in [1.807, 2.05) is 36.4 Å². The first-order valence-electron chi connectivity index (χ1n) is 9.37. The molecule has 3 aromatic heterocycles. The summed E-state index contributed by atoms with van der Waals surface area (Å²) in [6, 6.07) is 12.7. The average Bonchev–Trinajstić information content (AvgIpc) is 3.35. The molecule has 0 spiro atoms. The first-order valence-corrected chi connectivity index (χ1v) is 9.75. The number of aromatic nitrogens is 4. The van der Waals surface area contributed by atoms with Crippen LogP contribution < -0.4 is 0 Å². The van der Waals surface area contributed by atoms with Crippen molar-refractivity contribution < 1.29 is 13.8 Å². The summed E-state index contributed by atoms with van der Waals surface area (Å²) in [7, 11) is 0. The van der Waals surface area contributed by atoms with E-state index in [2.05, 4.69) is 20.3 Å². The van der Waals surface area contributed by atoms with Crippen LogP contribution in [-0.4, -0.2) is 44.2 Å². The summed E-state index contributed by atoms with van der Waals surface area (Å²) in [5.74, 6) is 1.19. The Bertz CT molecular complexity index is 1210. The van der Waals surface area contributed by atoms with Crippen molar-refractivity contribution in [3.8, 4) is 22.8 Å². The Morgan fingerprint density at radius 1 is 1.10 bits per heavy atom. The molecule has 4 aromatic rings. The van der Waals surface area contributed by atoms with Gasteiger partial charge in [-0.25, -0.2) is 0 Å². The summed E-state index contributed by atoms with van der Waals surface area (Å²) >= 11 is 6.29. The van der Waals surface area contributed by atoms with E-state index in [-0.39, 0.29) is 11.8 Å². The van der Waals surface area contributed by atoms with Gasteiger partial charge in [-0.3, -0.25) is 9.78 Å². The van der Waals surface area contributed by atoms with Crippen molar-refractivity contribution in [3.05, 3.63) is 70.9 Å². The van der Waals surface area contributed by atoms with E-state index in [9.17, 15) is 4.79 Å². The van der Waals surface area contributed by atoms with Crippen LogP contribution in [0.15, 0.2) is 57.7 Å². The van der Waals surface area contributed by atoms with Gasteiger partial charge in [-0.15, -0.1) is 0 Å². The van der Waals surface area contributed by atoms with Crippen LogP contribution >= 0.6 is 11.6 Å². The highest BCUT2D eigenvalue weighted by Crippen LogP contribution is 2.34. The number of carbonyl (C=O) groups is 1. The highest BCUT2D eigenvalue weighted by atomic mass is 35.5. The molecule has 1 amide bonds. The van der Waals surface area contributed by atoms with Gasteiger partial charge >= 0.3 is 0 Å². The molecular formula is C21H16ClN5O3. The van der Waals surface area contributed by atoms with E-state index in [4.69, 9.17) is 20.6 Å². The van der Waals surface area contributed by atoms with Gasteiger partial charge in [-0.2, -0.15) is 4.98 Å². The number of rotatable bonds is 4. The largest absolute Gasteiger partial charge is 0.360 e. The number of hydrogen-bond donors (Lipinski definition) is 0. The maximum Gasteiger partial charge on any atom is 0.259 e. The number of amides is 1. The second-order valence-electron chi connectivity index (χ2n) is 7.02. The SMILES string of the molecule is Cc1onc(-c2ccccc2Cl)c1C(=O)N1CC(c2nc(-c3ccccn3)no2)C1. The summed E-state index contributed by atoms with van der Waals surface area (Å²) in [6.45, 7) is 2.65. The number of nitrogens with zero attached hydrogens (tertiary/aromatic N) is 5.